The number of nitrogens with zero attached hydrogens (tertiary/aromatic N) is 8. The number of fused-ring (bicyclic) bond motifs is 3. The summed E-state index contributed by atoms with van der Waals surface area (Å²) >= 11 is 0. The van der Waals surface area contributed by atoms with Crippen molar-refractivity contribution in [3.8, 4) is 0 Å². The lowest BCUT2D eigenvalue weighted by Gasteiger charge is -2.37. The van der Waals surface area contributed by atoms with E-state index in [0.29, 0.717) is 36.8 Å². The van der Waals surface area contributed by atoms with Crippen molar-refractivity contribution in [1.82, 2.24) is 39.5 Å². The number of carbonyl (C=O) groups excluding carboxylic acids is 3. The number of piperidine rings is 1. The largest absolute Gasteiger partial charge is 0.404 e. The second kappa shape index (κ2) is 18.8. The zero-order chi connectivity index (χ0) is 43.5. The number of aliphatic imine (C=N–C) groups is 1. The number of para-hydroxylation sites is 1. The van der Waals surface area contributed by atoms with Gasteiger partial charge in [-0.3, -0.25) is 33.8 Å². The van der Waals surface area contributed by atoms with Gasteiger partial charge in [0.2, 0.25) is 11.8 Å². The summed E-state index contributed by atoms with van der Waals surface area (Å²) in [6.07, 6.45) is 7.60. The number of alkyl halides is 2. The Balaban J connectivity index is 0.787. The van der Waals surface area contributed by atoms with Gasteiger partial charge in [-0.1, -0.05) is 12.1 Å². The van der Waals surface area contributed by atoms with E-state index in [0.717, 1.165) is 101 Å². The number of nitrogens with two attached hydrogens (primary N) is 2. The molecule has 3 atom stereocenters. The standard InChI is InChI=1S/C43H56F2N12O5/c1-53-38-27(4-2-6-33(38)57(43(53)61)34-11-12-36(58)52-42(34)60)5-3-15-54-16-18-55(19-17-54)23-26-7-9-28(10-8-26)49-22-32(37(47)39(44)45)50-41(59)31(21-46)40-48-14-13-35(51-40)56-24-30-20-29(56)25-62-30/h2,4,6,13-14,21-22,26,28-30,34,39H,3,5,7-12,15-20,23-25,46-47H2,1H3,(H,50,59)(H,52,58,60)/t26?,28?,29-,30-,34?/m1/s1. The highest BCUT2D eigenvalue weighted by Gasteiger charge is 2.40. The fourth-order valence-corrected chi connectivity index (χ4v) is 9.72. The van der Waals surface area contributed by atoms with Gasteiger partial charge in [0.15, 0.2) is 5.82 Å². The quantitative estimate of drug-likeness (QED) is 0.104. The molecule has 2 aromatic heterocycles. The number of ether oxygens (including phenoxy) is 1. The smallest absolute Gasteiger partial charge is 0.329 e. The molecule has 332 valence electrons. The van der Waals surface area contributed by atoms with Gasteiger partial charge in [0.05, 0.1) is 47.1 Å². The van der Waals surface area contributed by atoms with Crippen molar-refractivity contribution in [2.75, 3.05) is 57.3 Å². The second-order valence-corrected chi connectivity index (χ2v) is 17.1. The van der Waals surface area contributed by atoms with E-state index in [4.69, 9.17) is 16.2 Å². The Hall–Kier alpha value is -5.53. The summed E-state index contributed by atoms with van der Waals surface area (Å²) in [5.41, 5.74) is 12.8. The molecule has 4 saturated heterocycles. The first-order valence-corrected chi connectivity index (χ1v) is 21.7. The van der Waals surface area contributed by atoms with Gasteiger partial charge in [-0.2, -0.15) is 0 Å². The van der Waals surface area contributed by atoms with Crippen LogP contribution in [0.5, 0.6) is 0 Å². The van der Waals surface area contributed by atoms with Crippen molar-refractivity contribution in [3.05, 3.63) is 69.9 Å². The van der Waals surface area contributed by atoms with Gasteiger partial charge in [0.25, 0.3) is 12.3 Å². The summed E-state index contributed by atoms with van der Waals surface area (Å²) in [4.78, 5) is 71.6. The van der Waals surface area contributed by atoms with Crippen LogP contribution in [0.1, 0.15) is 68.8 Å². The van der Waals surface area contributed by atoms with Crippen LogP contribution < -0.4 is 32.7 Å². The Morgan fingerprint density at radius 3 is 2.55 bits per heavy atom. The monoisotopic (exact) mass is 858 g/mol. The number of allylic oxidation sites excluding steroid dienone is 2. The zero-order valence-corrected chi connectivity index (χ0v) is 35.1. The molecule has 0 spiro atoms. The Labute approximate surface area is 358 Å². The maximum Gasteiger partial charge on any atom is 0.329 e. The van der Waals surface area contributed by atoms with Gasteiger partial charge in [-0.25, -0.2) is 23.5 Å². The number of aryl methyl sites for hydroxylation is 2. The summed E-state index contributed by atoms with van der Waals surface area (Å²) < 4.78 is 36.6. The van der Waals surface area contributed by atoms with E-state index in [9.17, 15) is 28.0 Å². The zero-order valence-electron chi connectivity index (χ0n) is 35.1. The minimum absolute atomic E-state index is 0.0688. The summed E-state index contributed by atoms with van der Waals surface area (Å²) in [6.45, 7) is 7.10. The van der Waals surface area contributed by atoms with E-state index in [1.807, 2.05) is 18.2 Å². The highest BCUT2D eigenvalue weighted by molar-refractivity contribution is 6.19. The highest BCUT2D eigenvalue weighted by Crippen LogP contribution is 2.32. The minimum Gasteiger partial charge on any atom is -0.404 e. The molecule has 5 aliphatic rings. The maximum absolute atomic E-state index is 13.9. The number of hydrogen-bond acceptors (Lipinski definition) is 13. The van der Waals surface area contributed by atoms with Gasteiger partial charge in [-0.05, 0) is 81.5 Å². The number of piperazine rings is 1. The first kappa shape index (κ1) is 43.1. The van der Waals surface area contributed by atoms with Crippen molar-refractivity contribution < 1.29 is 27.9 Å². The second-order valence-electron chi connectivity index (χ2n) is 17.1. The Bertz CT molecular complexity index is 2310. The lowest BCUT2D eigenvalue weighted by Crippen LogP contribution is -2.48. The number of rotatable bonds is 14. The van der Waals surface area contributed by atoms with Crippen LogP contribution in [0.3, 0.4) is 0 Å². The normalized spacial score (nSPS) is 25.6. The Morgan fingerprint density at radius 1 is 1.08 bits per heavy atom. The molecule has 3 aromatic rings. The number of benzene rings is 1. The number of imide groups is 1. The maximum atomic E-state index is 13.9. The molecular weight excluding hydrogens is 803 g/mol. The first-order valence-electron chi connectivity index (χ1n) is 21.7. The third-order valence-electron chi connectivity index (χ3n) is 13.1. The third kappa shape index (κ3) is 9.29. The van der Waals surface area contributed by atoms with Gasteiger partial charge < -0.3 is 36.2 Å². The van der Waals surface area contributed by atoms with E-state index in [2.05, 4.69) is 40.3 Å². The van der Waals surface area contributed by atoms with Crippen molar-refractivity contribution in [1.29, 1.82) is 0 Å². The van der Waals surface area contributed by atoms with Crippen LogP contribution in [0.15, 0.2) is 57.8 Å². The number of imidazole rings is 1. The molecule has 4 aliphatic heterocycles. The van der Waals surface area contributed by atoms with Crippen LogP contribution in [0.25, 0.3) is 16.6 Å². The van der Waals surface area contributed by atoms with Crippen LogP contribution in [-0.4, -0.2) is 130 Å². The first-order chi connectivity index (χ1) is 30.0. The SMILES string of the molecule is Cn1c(=O)n(C2CCC(=O)NC2=O)c2cccc(CCCN3CCN(CC4CCC(N=CC(NC(=O)C(=CN)c5nccc(N6C[C@H]7C[C@@H]6CO7)n5)=C(N)C(F)F)CC4)CC3)c21. The van der Waals surface area contributed by atoms with Crippen LogP contribution in [0, 0.1) is 5.92 Å². The number of nitrogens with one attached hydrogen (secondary N) is 2. The molecule has 1 saturated carbocycles. The minimum atomic E-state index is -3.01. The summed E-state index contributed by atoms with van der Waals surface area (Å²) in [5.74, 6) is -0.307. The third-order valence-corrected chi connectivity index (χ3v) is 13.1. The molecule has 2 bridgehead atoms. The predicted molar refractivity (Wildman–Crippen MR) is 229 cm³/mol. The highest BCUT2D eigenvalue weighted by atomic mass is 19.3. The average molecular weight is 859 g/mol. The molecule has 6 N–H and O–H groups in total. The molecule has 1 aromatic carbocycles. The molecule has 6 heterocycles. The number of aromatic nitrogens is 4. The number of halogens is 2. The lowest BCUT2D eigenvalue weighted by atomic mass is 9.86. The molecule has 8 rings (SSSR count). The molecule has 1 unspecified atom stereocenters. The number of anilines is 1. The van der Waals surface area contributed by atoms with E-state index in [1.54, 1.807) is 17.7 Å². The van der Waals surface area contributed by atoms with Crippen molar-refractivity contribution in [2.45, 2.75) is 88.4 Å². The van der Waals surface area contributed by atoms with E-state index in [-0.39, 0.29) is 53.3 Å². The topological polar surface area (TPSA) is 211 Å². The van der Waals surface area contributed by atoms with Crippen LogP contribution >= 0.6 is 0 Å². The molecule has 3 amide bonds. The Morgan fingerprint density at radius 2 is 1.85 bits per heavy atom. The Kier molecular flexibility index (Phi) is 13.1. The lowest BCUT2D eigenvalue weighted by molar-refractivity contribution is -0.135. The fourth-order valence-electron chi connectivity index (χ4n) is 9.72. The number of amides is 3. The summed E-state index contributed by atoms with van der Waals surface area (Å²) in [7, 11) is 1.74. The summed E-state index contributed by atoms with van der Waals surface area (Å²) in [5, 5.41) is 4.87. The van der Waals surface area contributed by atoms with Crippen molar-refractivity contribution in [2.24, 2.45) is 29.4 Å². The molecule has 62 heavy (non-hydrogen) atoms. The predicted octanol–water partition coefficient (Wildman–Crippen LogP) is 1.82. The van der Waals surface area contributed by atoms with Crippen LogP contribution in [0.2, 0.25) is 0 Å². The van der Waals surface area contributed by atoms with E-state index in [1.165, 1.54) is 17.0 Å². The molecule has 17 nitrogen and oxygen atoms in total. The van der Waals surface area contributed by atoms with Crippen LogP contribution in [0.4, 0.5) is 14.6 Å². The van der Waals surface area contributed by atoms with Crippen molar-refractivity contribution in [3.63, 3.8) is 0 Å². The van der Waals surface area contributed by atoms with E-state index < -0.39 is 30.0 Å². The number of hydrogen-bond donors (Lipinski definition) is 4. The van der Waals surface area contributed by atoms with Gasteiger partial charge in [0, 0.05) is 71.3 Å². The average Bonchev–Trinajstić information content (AvgIpc) is 3.98. The number of carbonyl (C=O) groups is 3. The van der Waals surface area contributed by atoms with E-state index >= 15 is 0 Å². The molecular formula is C43H56F2N12O5. The molecule has 5 fully saturated rings. The summed E-state index contributed by atoms with van der Waals surface area (Å²) in [6, 6.07) is 7.00. The van der Waals surface area contributed by atoms with Crippen molar-refractivity contribution >= 4 is 46.4 Å². The molecule has 1 aliphatic carbocycles. The van der Waals surface area contributed by atoms with Gasteiger partial charge >= 0.3 is 5.69 Å². The number of morpholine rings is 1. The van der Waals surface area contributed by atoms with Gasteiger partial charge in [-0.15, -0.1) is 0 Å². The molecule has 19 heteroatoms. The van der Waals surface area contributed by atoms with Crippen LogP contribution in [-0.2, 0) is 32.6 Å². The molecule has 0 radical (unpaired) electrons. The van der Waals surface area contributed by atoms with Gasteiger partial charge in [0.1, 0.15) is 17.6 Å². The fraction of sp³-hybridized carbons (Fsp3) is 0.558.